The van der Waals surface area contributed by atoms with Gasteiger partial charge in [-0.2, -0.15) is 23.4 Å². The zero-order valence-electron chi connectivity index (χ0n) is 8.60. The van der Waals surface area contributed by atoms with Crippen molar-refractivity contribution < 1.29 is 13.2 Å². The summed E-state index contributed by atoms with van der Waals surface area (Å²) in [7, 11) is 0. The Hall–Kier alpha value is -1.86. The van der Waals surface area contributed by atoms with E-state index in [2.05, 4.69) is 25.4 Å². The van der Waals surface area contributed by atoms with Crippen molar-refractivity contribution in [2.45, 2.75) is 24.4 Å². The molecule has 0 fully saturated rings. The number of aromatic nitrogens is 1. The second kappa shape index (κ2) is 2.69. The first kappa shape index (κ1) is 10.3. The summed E-state index contributed by atoms with van der Waals surface area (Å²) in [5.41, 5.74) is -2.77. The van der Waals surface area contributed by atoms with E-state index in [-0.39, 0.29) is 5.56 Å². The molecule has 8 heteroatoms. The Bertz CT molecular complexity index is 536. The van der Waals surface area contributed by atoms with Crippen LogP contribution in [0.1, 0.15) is 18.1 Å². The average molecular weight is 241 g/mol. The normalized spacial score (nSPS) is 22.6. The molecule has 2 aliphatic rings. The van der Waals surface area contributed by atoms with E-state index in [4.69, 9.17) is 0 Å². The molecule has 0 aliphatic carbocycles. The molecule has 0 saturated heterocycles. The van der Waals surface area contributed by atoms with Crippen molar-refractivity contribution in [3.63, 3.8) is 0 Å². The first-order valence-corrected chi connectivity index (χ1v) is 4.78. The van der Waals surface area contributed by atoms with Gasteiger partial charge < -0.3 is 0 Å². The lowest BCUT2D eigenvalue weighted by Crippen LogP contribution is -2.30. The third kappa shape index (κ3) is 1.36. The summed E-state index contributed by atoms with van der Waals surface area (Å²) in [6.07, 6.45) is -1.98. The van der Waals surface area contributed by atoms with Gasteiger partial charge in [0, 0.05) is 23.5 Å². The number of alkyl halides is 3. The van der Waals surface area contributed by atoms with Crippen molar-refractivity contribution in [2.75, 3.05) is 0 Å². The molecule has 88 valence electrons. The summed E-state index contributed by atoms with van der Waals surface area (Å²) < 4.78 is 38.3. The second-order valence-corrected chi connectivity index (χ2v) is 4.05. The van der Waals surface area contributed by atoms with Gasteiger partial charge >= 0.3 is 11.8 Å². The summed E-state index contributed by atoms with van der Waals surface area (Å²) in [5.74, 6) is 0. The molecule has 0 bridgehead atoms. The van der Waals surface area contributed by atoms with Crippen LogP contribution in [-0.4, -0.2) is 11.2 Å². The van der Waals surface area contributed by atoms with Crippen molar-refractivity contribution in [1.29, 1.82) is 0 Å². The van der Waals surface area contributed by atoms with E-state index >= 15 is 0 Å². The number of nitrogens with zero attached hydrogens (tertiary/aromatic N) is 5. The van der Waals surface area contributed by atoms with Gasteiger partial charge in [0.05, 0.1) is 0 Å². The van der Waals surface area contributed by atoms with Crippen LogP contribution in [0.15, 0.2) is 38.9 Å². The summed E-state index contributed by atoms with van der Waals surface area (Å²) in [5, 5.41) is 13.7. The maximum absolute atomic E-state index is 12.8. The molecule has 0 atom stereocenters. The summed E-state index contributed by atoms with van der Waals surface area (Å²) in [6.45, 7) is 1.69. The highest BCUT2D eigenvalue weighted by Crippen LogP contribution is 2.53. The minimum atomic E-state index is -4.54. The Labute approximate surface area is 93.5 Å². The molecule has 0 radical (unpaired) electrons. The highest BCUT2D eigenvalue weighted by molar-refractivity contribution is 5.34. The van der Waals surface area contributed by atoms with Crippen LogP contribution < -0.4 is 0 Å². The van der Waals surface area contributed by atoms with Crippen molar-refractivity contribution in [1.82, 2.24) is 4.98 Å². The standard InChI is InChI=1S/C9H6F3N5/c1-7(14-15-7)5-2-6(4-13-3-5)8(16-17-8)9(10,11)12/h2-4H,1H3. The van der Waals surface area contributed by atoms with Gasteiger partial charge in [-0.05, 0) is 13.0 Å². The van der Waals surface area contributed by atoms with Gasteiger partial charge in [0.1, 0.15) is 0 Å². The van der Waals surface area contributed by atoms with Crippen LogP contribution in [0.4, 0.5) is 13.2 Å². The van der Waals surface area contributed by atoms with E-state index in [1.807, 2.05) is 0 Å². The summed E-state index contributed by atoms with van der Waals surface area (Å²) in [4.78, 5) is 3.77. The Morgan fingerprint density at radius 1 is 1.00 bits per heavy atom. The van der Waals surface area contributed by atoms with Crippen molar-refractivity contribution >= 4 is 0 Å². The van der Waals surface area contributed by atoms with Crippen LogP contribution in [-0.2, 0) is 11.3 Å². The minimum Gasteiger partial charge on any atom is -0.264 e. The van der Waals surface area contributed by atoms with E-state index in [9.17, 15) is 13.2 Å². The van der Waals surface area contributed by atoms with Crippen molar-refractivity contribution in [3.8, 4) is 0 Å². The molecular weight excluding hydrogens is 235 g/mol. The van der Waals surface area contributed by atoms with Crippen molar-refractivity contribution in [2.24, 2.45) is 20.5 Å². The first-order chi connectivity index (χ1) is 7.87. The number of hydrogen-bond donors (Lipinski definition) is 0. The number of hydrogen-bond acceptors (Lipinski definition) is 5. The summed E-state index contributed by atoms with van der Waals surface area (Å²) >= 11 is 0. The molecule has 3 rings (SSSR count). The highest BCUT2D eigenvalue weighted by atomic mass is 19.4. The SMILES string of the molecule is CC1(c2cncc(C3(C(F)(F)F)N=N3)c2)N=N1. The van der Waals surface area contributed by atoms with Gasteiger partial charge in [-0.15, -0.1) is 10.2 Å². The van der Waals surface area contributed by atoms with E-state index in [1.165, 1.54) is 12.3 Å². The predicted octanol–water partition coefficient (Wildman–Crippen LogP) is 2.90. The number of halogens is 3. The van der Waals surface area contributed by atoms with E-state index in [1.54, 1.807) is 6.92 Å². The molecule has 1 aromatic rings. The zero-order chi connectivity index (χ0) is 12.3. The van der Waals surface area contributed by atoms with Crippen LogP contribution in [0.5, 0.6) is 0 Å². The molecule has 0 unspecified atom stereocenters. The van der Waals surface area contributed by atoms with Crippen LogP contribution in [0, 0.1) is 0 Å². The molecule has 1 aromatic heterocycles. The fourth-order valence-electron chi connectivity index (χ4n) is 1.52. The van der Waals surface area contributed by atoms with Gasteiger partial charge in [-0.1, -0.05) is 0 Å². The molecule has 0 saturated carbocycles. The maximum atomic E-state index is 12.8. The third-order valence-electron chi connectivity index (χ3n) is 2.78. The molecule has 5 nitrogen and oxygen atoms in total. The third-order valence-corrected chi connectivity index (χ3v) is 2.78. The maximum Gasteiger partial charge on any atom is 0.442 e. The smallest absolute Gasteiger partial charge is 0.264 e. The van der Waals surface area contributed by atoms with Gasteiger partial charge in [0.15, 0.2) is 0 Å². The van der Waals surface area contributed by atoms with E-state index in [0.29, 0.717) is 5.56 Å². The number of rotatable bonds is 2. The number of pyridine rings is 1. The second-order valence-electron chi connectivity index (χ2n) is 4.05. The highest BCUT2D eigenvalue weighted by Gasteiger charge is 2.65. The monoisotopic (exact) mass is 241 g/mol. The van der Waals surface area contributed by atoms with Crippen LogP contribution in [0.2, 0.25) is 0 Å². The lowest BCUT2D eigenvalue weighted by Gasteiger charge is -2.15. The van der Waals surface area contributed by atoms with Crippen LogP contribution in [0.3, 0.4) is 0 Å². The molecule has 3 heterocycles. The quantitative estimate of drug-likeness (QED) is 0.785. The topological polar surface area (TPSA) is 62.3 Å². The lowest BCUT2D eigenvalue weighted by molar-refractivity contribution is -0.166. The Balaban J connectivity index is 2.00. The Morgan fingerprint density at radius 2 is 1.59 bits per heavy atom. The Kier molecular flexibility index (Phi) is 1.63. The predicted molar refractivity (Wildman–Crippen MR) is 49.0 cm³/mol. The molecular formula is C9H6F3N5. The van der Waals surface area contributed by atoms with Gasteiger partial charge in [0.25, 0.3) is 0 Å². The fraction of sp³-hybridized carbons (Fsp3) is 0.444. The van der Waals surface area contributed by atoms with Gasteiger partial charge in [-0.3, -0.25) is 4.98 Å². The van der Waals surface area contributed by atoms with E-state index < -0.39 is 17.5 Å². The van der Waals surface area contributed by atoms with Crippen LogP contribution in [0.25, 0.3) is 0 Å². The fourth-order valence-corrected chi connectivity index (χ4v) is 1.52. The summed E-state index contributed by atoms with van der Waals surface area (Å²) in [6, 6.07) is 1.35. The minimum absolute atomic E-state index is 0.0963. The Morgan fingerprint density at radius 3 is 2.06 bits per heavy atom. The lowest BCUT2D eigenvalue weighted by atomic mass is 10.00. The molecule has 0 amide bonds. The molecule has 0 aromatic carbocycles. The zero-order valence-corrected chi connectivity index (χ0v) is 8.60. The molecule has 17 heavy (non-hydrogen) atoms. The van der Waals surface area contributed by atoms with Gasteiger partial charge in [0.2, 0.25) is 5.66 Å². The molecule has 0 spiro atoms. The molecule has 2 aliphatic heterocycles. The van der Waals surface area contributed by atoms with E-state index in [0.717, 1.165) is 6.20 Å². The average Bonchev–Trinajstić information content (AvgIpc) is 3.10. The largest absolute Gasteiger partial charge is 0.442 e. The van der Waals surface area contributed by atoms with Gasteiger partial charge in [-0.25, -0.2) is 0 Å². The van der Waals surface area contributed by atoms with Crippen molar-refractivity contribution in [3.05, 3.63) is 29.6 Å². The molecule has 0 N–H and O–H groups in total. The first-order valence-electron chi connectivity index (χ1n) is 4.78. The van der Waals surface area contributed by atoms with Crippen LogP contribution >= 0.6 is 0 Å².